The van der Waals surface area contributed by atoms with Crippen LogP contribution in [0.5, 0.6) is 5.75 Å². The molecule has 0 radical (unpaired) electrons. The van der Waals surface area contributed by atoms with Crippen LogP contribution in [0.25, 0.3) is 0 Å². The fourth-order valence-corrected chi connectivity index (χ4v) is 3.59. The number of carbonyl (C=O) groups is 1. The van der Waals surface area contributed by atoms with Crippen molar-refractivity contribution in [3.63, 3.8) is 0 Å². The molecule has 1 aromatic rings. The first-order chi connectivity index (χ1) is 12.0. The van der Waals surface area contributed by atoms with Gasteiger partial charge in [0.05, 0.1) is 0 Å². The van der Waals surface area contributed by atoms with E-state index in [4.69, 9.17) is 4.74 Å². The van der Waals surface area contributed by atoms with Crippen molar-refractivity contribution in [1.82, 2.24) is 10.6 Å². The number of nitrogens with one attached hydrogen (secondary N) is 2. The highest BCUT2D eigenvalue weighted by molar-refractivity contribution is 5.77. The Labute approximate surface area is 152 Å². The van der Waals surface area contributed by atoms with E-state index in [0.717, 1.165) is 23.8 Å². The minimum Gasteiger partial charge on any atom is -0.483 e. The van der Waals surface area contributed by atoms with Crippen molar-refractivity contribution in [2.24, 2.45) is 5.92 Å². The van der Waals surface area contributed by atoms with Gasteiger partial charge in [0, 0.05) is 24.2 Å². The summed E-state index contributed by atoms with van der Waals surface area (Å²) in [6.45, 7) is 7.00. The molecule has 2 rings (SSSR count). The molecule has 0 bridgehead atoms. The molecule has 1 fully saturated rings. The molecule has 0 aliphatic heterocycles. The fraction of sp³-hybridized carbons (Fsp3) is 0.667. The predicted octanol–water partition coefficient (Wildman–Crippen LogP) is 4.04. The van der Waals surface area contributed by atoms with E-state index in [9.17, 15) is 4.79 Å². The van der Waals surface area contributed by atoms with Crippen LogP contribution in [0.3, 0.4) is 0 Å². The molecule has 1 aliphatic rings. The third-order valence-electron chi connectivity index (χ3n) is 4.83. The van der Waals surface area contributed by atoms with Crippen LogP contribution in [0.4, 0.5) is 0 Å². The first kappa shape index (κ1) is 19.8. The first-order valence-electron chi connectivity index (χ1n) is 9.78. The van der Waals surface area contributed by atoms with Gasteiger partial charge in [-0.3, -0.25) is 4.79 Å². The number of rotatable bonds is 9. The van der Waals surface area contributed by atoms with Crippen molar-refractivity contribution in [1.29, 1.82) is 0 Å². The summed E-state index contributed by atoms with van der Waals surface area (Å²) in [5.41, 5.74) is 1.11. The highest BCUT2D eigenvalue weighted by Gasteiger charge is 2.16. The summed E-state index contributed by atoms with van der Waals surface area (Å²) >= 11 is 0. The SMILES string of the molecule is CC(C)NC(=O)COc1ccccc1CNC(C)CC1CCCCC1. The van der Waals surface area contributed by atoms with Gasteiger partial charge in [-0.15, -0.1) is 0 Å². The number of ether oxygens (including phenoxy) is 1. The number of benzene rings is 1. The monoisotopic (exact) mass is 346 g/mol. The minimum atomic E-state index is -0.0802. The van der Waals surface area contributed by atoms with Gasteiger partial charge in [-0.2, -0.15) is 0 Å². The van der Waals surface area contributed by atoms with E-state index >= 15 is 0 Å². The molecule has 1 saturated carbocycles. The number of hydrogen-bond acceptors (Lipinski definition) is 3. The Morgan fingerprint density at radius 1 is 1.16 bits per heavy atom. The molecule has 1 unspecified atom stereocenters. The van der Waals surface area contributed by atoms with E-state index < -0.39 is 0 Å². The maximum Gasteiger partial charge on any atom is 0.258 e. The lowest BCUT2D eigenvalue weighted by atomic mass is 9.85. The van der Waals surface area contributed by atoms with Gasteiger partial charge >= 0.3 is 0 Å². The van der Waals surface area contributed by atoms with Crippen LogP contribution in [0, 0.1) is 5.92 Å². The lowest BCUT2D eigenvalue weighted by molar-refractivity contribution is -0.123. The van der Waals surface area contributed by atoms with Gasteiger partial charge in [0.25, 0.3) is 5.91 Å². The zero-order chi connectivity index (χ0) is 18.1. The molecular formula is C21H34N2O2. The lowest BCUT2D eigenvalue weighted by Crippen LogP contribution is -2.34. The molecule has 4 heteroatoms. The molecule has 1 aromatic carbocycles. The molecule has 25 heavy (non-hydrogen) atoms. The second-order valence-electron chi connectivity index (χ2n) is 7.64. The van der Waals surface area contributed by atoms with Crippen molar-refractivity contribution in [2.45, 2.75) is 77.9 Å². The van der Waals surface area contributed by atoms with Gasteiger partial charge in [-0.1, -0.05) is 50.3 Å². The molecule has 1 aliphatic carbocycles. The molecule has 1 atom stereocenters. The van der Waals surface area contributed by atoms with Gasteiger partial charge in [0.1, 0.15) is 5.75 Å². The summed E-state index contributed by atoms with van der Waals surface area (Å²) in [5.74, 6) is 1.59. The maximum absolute atomic E-state index is 11.8. The zero-order valence-corrected chi connectivity index (χ0v) is 16.0. The molecular weight excluding hydrogens is 312 g/mol. The summed E-state index contributed by atoms with van der Waals surface area (Å²) in [5, 5.41) is 6.47. The quantitative estimate of drug-likeness (QED) is 0.709. The number of carbonyl (C=O) groups excluding carboxylic acids is 1. The van der Waals surface area contributed by atoms with Crippen LogP contribution < -0.4 is 15.4 Å². The van der Waals surface area contributed by atoms with E-state index in [0.29, 0.717) is 6.04 Å². The number of hydrogen-bond donors (Lipinski definition) is 2. The topological polar surface area (TPSA) is 50.4 Å². The molecule has 0 saturated heterocycles. The van der Waals surface area contributed by atoms with Crippen LogP contribution in [0.1, 0.15) is 64.9 Å². The van der Waals surface area contributed by atoms with Crippen molar-refractivity contribution >= 4 is 5.91 Å². The molecule has 2 N–H and O–H groups in total. The number of amides is 1. The normalized spacial score (nSPS) is 16.6. The zero-order valence-electron chi connectivity index (χ0n) is 16.0. The predicted molar refractivity (Wildman–Crippen MR) is 103 cm³/mol. The van der Waals surface area contributed by atoms with Gasteiger partial charge in [-0.25, -0.2) is 0 Å². The van der Waals surface area contributed by atoms with Crippen molar-refractivity contribution in [3.8, 4) is 5.75 Å². The van der Waals surface area contributed by atoms with Crippen molar-refractivity contribution < 1.29 is 9.53 Å². The van der Waals surface area contributed by atoms with Gasteiger partial charge in [0.2, 0.25) is 0 Å². The minimum absolute atomic E-state index is 0.0623. The van der Waals surface area contributed by atoms with E-state index in [1.54, 1.807) is 0 Å². The Bertz CT molecular complexity index is 524. The highest BCUT2D eigenvalue weighted by atomic mass is 16.5. The summed E-state index contributed by atoms with van der Waals surface area (Å²) < 4.78 is 5.73. The molecule has 0 heterocycles. The molecule has 140 valence electrons. The second-order valence-corrected chi connectivity index (χ2v) is 7.64. The highest BCUT2D eigenvalue weighted by Crippen LogP contribution is 2.27. The Morgan fingerprint density at radius 3 is 2.60 bits per heavy atom. The Morgan fingerprint density at radius 2 is 1.88 bits per heavy atom. The van der Waals surface area contributed by atoms with Crippen molar-refractivity contribution in [2.75, 3.05) is 6.61 Å². The van der Waals surface area contributed by atoms with Crippen LogP contribution in [0.15, 0.2) is 24.3 Å². The van der Waals surface area contributed by atoms with Crippen molar-refractivity contribution in [3.05, 3.63) is 29.8 Å². The lowest BCUT2D eigenvalue weighted by Gasteiger charge is -2.25. The smallest absolute Gasteiger partial charge is 0.258 e. The summed E-state index contributed by atoms with van der Waals surface area (Å²) in [4.78, 5) is 11.8. The van der Waals surface area contributed by atoms with Crippen LogP contribution in [0.2, 0.25) is 0 Å². The Kier molecular flexibility index (Phi) is 8.26. The summed E-state index contributed by atoms with van der Waals surface area (Å²) in [7, 11) is 0. The average molecular weight is 347 g/mol. The van der Waals surface area contributed by atoms with E-state index in [1.807, 2.05) is 32.0 Å². The fourth-order valence-electron chi connectivity index (χ4n) is 3.59. The molecule has 4 nitrogen and oxygen atoms in total. The number of para-hydroxylation sites is 1. The largest absolute Gasteiger partial charge is 0.483 e. The second kappa shape index (κ2) is 10.4. The average Bonchev–Trinajstić information content (AvgIpc) is 2.59. The molecule has 0 aromatic heterocycles. The Balaban J connectivity index is 1.79. The van der Waals surface area contributed by atoms with E-state index in [1.165, 1.54) is 38.5 Å². The van der Waals surface area contributed by atoms with Gasteiger partial charge in [-0.05, 0) is 39.2 Å². The maximum atomic E-state index is 11.8. The van der Waals surface area contributed by atoms with Crippen LogP contribution in [-0.2, 0) is 11.3 Å². The third kappa shape index (κ3) is 7.47. The van der Waals surface area contributed by atoms with Gasteiger partial charge < -0.3 is 15.4 Å². The summed E-state index contributed by atoms with van der Waals surface area (Å²) in [6, 6.07) is 8.60. The van der Waals surface area contributed by atoms with E-state index in [2.05, 4.69) is 23.6 Å². The summed E-state index contributed by atoms with van der Waals surface area (Å²) in [6.07, 6.45) is 8.22. The van der Waals surface area contributed by atoms with E-state index in [-0.39, 0.29) is 18.6 Å². The van der Waals surface area contributed by atoms with Crippen LogP contribution >= 0.6 is 0 Å². The third-order valence-corrected chi connectivity index (χ3v) is 4.83. The molecule has 0 spiro atoms. The van der Waals surface area contributed by atoms with Crippen LogP contribution in [-0.4, -0.2) is 24.6 Å². The first-order valence-corrected chi connectivity index (χ1v) is 9.78. The standard InChI is InChI=1S/C21H34N2O2/c1-16(2)23-21(24)15-25-20-12-8-7-11-19(20)14-22-17(3)13-18-9-5-4-6-10-18/h7-8,11-12,16-18,22H,4-6,9-10,13-15H2,1-3H3,(H,23,24). The Hall–Kier alpha value is -1.55. The van der Waals surface area contributed by atoms with Gasteiger partial charge in [0.15, 0.2) is 6.61 Å². The molecule has 1 amide bonds.